The average Bonchev–Trinajstić information content (AvgIpc) is 2.27. The Labute approximate surface area is 118 Å². The zero-order valence-corrected chi connectivity index (χ0v) is 12.4. The highest BCUT2D eigenvalue weighted by atomic mass is 79.9. The lowest BCUT2D eigenvalue weighted by Crippen LogP contribution is -2.53. The Balaban J connectivity index is 2.52. The van der Waals surface area contributed by atoms with Crippen LogP contribution in [0.5, 0.6) is 0 Å². The molecule has 0 radical (unpaired) electrons. The summed E-state index contributed by atoms with van der Waals surface area (Å²) in [6.07, 6.45) is -0.655. The molecule has 8 heteroatoms. The summed E-state index contributed by atoms with van der Waals surface area (Å²) < 4.78 is 26.1. The molecule has 0 saturated carbocycles. The molecule has 1 aliphatic rings. The third kappa shape index (κ3) is 2.53. The number of nitrogens with zero attached hydrogens (tertiary/aromatic N) is 1. The minimum Gasteiger partial charge on any atom is -0.478 e. The lowest BCUT2D eigenvalue weighted by Gasteiger charge is -2.34. The van der Waals surface area contributed by atoms with Crippen LogP contribution >= 0.6 is 15.9 Å². The molecule has 2 rings (SSSR count). The van der Waals surface area contributed by atoms with Gasteiger partial charge in [0.2, 0.25) is 10.0 Å². The third-order valence-electron chi connectivity index (χ3n) is 2.91. The SMILES string of the molecule is Cc1cc(C(=O)O)cc(S(=O)(=O)N2CC(O)C2)c1Br. The van der Waals surface area contributed by atoms with Crippen molar-refractivity contribution in [2.24, 2.45) is 0 Å². The predicted molar refractivity (Wildman–Crippen MR) is 70.6 cm³/mol. The second kappa shape index (κ2) is 4.86. The molecule has 19 heavy (non-hydrogen) atoms. The smallest absolute Gasteiger partial charge is 0.335 e. The standard InChI is InChI=1S/C11H12BrNO5S/c1-6-2-7(11(15)16)3-9(10(6)12)19(17,18)13-4-8(14)5-13/h2-3,8,14H,4-5H2,1H3,(H,15,16). The zero-order valence-electron chi connectivity index (χ0n) is 10.00. The van der Waals surface area contributed by atoms with Crippen LogP contribution in [0.3, 0.4) is 0 Å². The van der Waals surface area contributed by atoms with E-state index < -0.39 is 22.1 Å². The van der Waals surface area contributed by atoms with E-state index in [4.69, 9.17) is 5.11 Å². The molecule has 1 aliphatic heterocycles. The van der Waals surface area contributed by atoms with Crippen molar-refractivity contribution in [2.75, 3.05) is 13.1 Å². The van der Waals surface area contributed by atoms with E-state index in [2.05, 4.69) is 15.9 Å². The topological polar surface area (TPSA) is 94.9 Å². The number of sulfonamides is 1. The summed E-state index contributed by atoms with van der Waals surface area (Å²) in [7, 11) is -3.78. The molecule has 0 bridgehead atoms. The first-order valence-corrected chi connectivity index (χ1v) is 7.68. The summed E-state index contributed by atoms with van der Waals surface area (Å²) in [6.45, 7) is 1.69. The maximum Gasteiger partial charge on any atom is 0.335 e. The Bertz CT molecular complexity index is 637. The first-order chi connectivity index (χ1) is 8.73. The molecular formula is C11H12BrNO5S. The largest absolute Gasteiger partial charge is 0.478 e. The highest BCUT2D eigenvalue weighted by Gasteiger charge is 2.37. The lowest BCUT2D eigenvalue weighted by atomic mass is 10.1. The van der Waals surface area contributed by atoms with Crippen molar-refractivity contribution in [1.29, 1.82) is 0 Å². The number of hydrogen-bond acceptors (Lipinski definition) is 4. The Kier molecular flexibility index (Phi) is 3.69. The van der Waals surface area contributed by atoms with Crippen LogP contribution in [-0.4, -0.2) is 48.1 Å². The van der Waals surface area contributed by atoms with Crippen LogP contribution in [0.4, 0.5) is 0 Å². The predicted octanol–water partition coefficient (Wildman–Crippen LogP) is 0.821. The van der Waals surface area contributed by atoms with Crippen molar-refractivity contribution in [3.05, 3.63) is 27.7 Å². The average molecular weight is 350 g/mol. The number of carboxylic acids is 1. The summed E-state index contributed by atoms with van der Waals surface area (Å²) in [5.74, 6) is -1.18. The van der Waals surface area contributed by atoms with Gasteiger partial charge in [-0.15, -0.1) is 0 Å². The Hall–Kier alpha value is -0.960. The number of β-amino-alcohol motifs (C(OH)–C–C–N with tert-alkyl or cyclic N) is 1. The lowest BCUT2D eigenvalue weighted by molar-refractivity contribution is 0.0547. The second-order valence-electron chi connectivity index (χ2n) is 4.39. The van der Waals surface area contributed by atoms with Gasteiger partial charge in [-0.2, -0.15) is 4.31 Å². The molecule has 1 fully saturated rings. The molecule has 0 spiro atoms. The summed E-state index contributed by atoms with van der Waals surface area (Å²) >= 11 is 3.17. The molecule has 6 nitrogen and oxygen atoms in total. The summed E-state index contributed by atoms with van der Waals surface area (Å²) in [6, 6.07) is 2.52. The van der Waals surface area contributed by atoms with Gasteiger partial charge >= 0.3 is 5.97 Å². The molecule has 1 saturated heterocycles. The first kappa shape index (κ1) is 14.4. The van der Waals surface area contributed by atoms with E-state index in [1.54, 1.807) is 6.92 Å². The minimum atomic E-state index is -3.78. The fraction of sp³-hybridized carbons (Fsp3) is 0.364. The van der Waals surface area contributed by atoms with Gasteiger partial charge in [0.1, 0.15) is 0 Å². The second-order valence-corrected chi connectivity index (χ2v) is 7.09. The van der Waals surface area contributed by atoms with Gasteiger partial charge in [0.15, 0.2) is 0 Å². The van der Waals surface area contributed by atoms with Crippen molar-refractivity contribution < 1.29 is 23.4 Å². The van der Waals surface area contributed by atoms with Gasteiger partial charge in [0.05, 0.1) is 16.6 Å². The van der Waals surface area contributed by atoms with Crippen LogP contribution in [0.1, 0.15) is 15.9 Å². The van der Waals surface area contributed by atoms with Crippen LogP contribution in [0.15, 0.2) is 21.5 Å². The van der Waals surface area contributed by atoms with Gasteiger partial charge in [0.25, 0.3) is 0 Å². The summed E-state index contributed by atoms with van der Waals surface area (Å²) in [4.78, 5) is 10.9. The molecule has 0 unspecified atom stereocenters. The van der Waals surface area contributed by atoms with E-state index in [1.165, 1.54) is 6.07 Å². The molecule has 1 heterocycles. The van der Waals surface area contributed by atoms with Crippen LogP contribution < -0.4 is 0 Å². The number of benzene rings is 1. The van der Waals surface area contributed by atoms with Gasteiger partial charge in [-0.1, -0.05) is 0 Å². The maximum absolute atomic E-state index is 12.3. The molecule has 0 amide bonds. The van der Waals surface area contributed by atoms with Gasteiger partial charge in [-0.05, 0) is 40.5 Å². The number of hydrogen-bond donors (Lipinski definition) is 2. The maximum atomic E-state index is 12.3. The first-order valence-electron chi connectivity index (χ1n) is 5.45. The summed E-state index contributed by atoms with van der Waals surface area (Å²) in [5, 5.41) is 18.2. The molecule has 2 N–H and O–H groups in total. The van der Waals surface area contributed by atoms with Gasteiger partial charge in [-0.25, -0.2) is 13.2 Å². The molecular weight excluding hydrogens is 338 g/mol. The molecule has 0 aromatic heterocycles. The van der Waals surface area contributed by atoms with Crippen molar-refractivity contribution >= 4 is 31.9 Å². The highest BCUT2D eigenvalue weighted by Crippen LogP contribution is 2.31. The quantitative estimate of drug-likeness (QED) is 0.842. The van der Waals surface area contributed by atoms with Gasteiger partial charge < -0.3 is 10.2 Å². The number of aromatic carboxylic acids is 1. The van der Waals surface area contributed by atoms with E-state index in [9.17, 15) is 18.3 Å². The zero-order chi connectivity index (χ0) is 14.4. The fourth-order valence-corrected chi connectivity index (χ4v) is 4.32. The van der Waals surface area contributed by atoms with Crippen molar-refractivity contribution in [1.82, 2.24) is 4.31 Å². The van der Waals surface area contributed by atoms with Gasteiger partial charge in [-0.3, -0.25) is 0 Å². The molecule has 1 aromatic carbocycles. The van der Waals surface area contributed by atoms with E-state index in [0.29, 0.717) is 10.0 Å². The third-order valence-corrected chi connectivity index (χ3v) is 6.09. The number of rotatable bonds is 3. The van der Waals surface area contributed by atoms with Gasteiger partial charge in [0, 0.05) is 17.6 Å². The van der Waals surface area contributed by atoms with Crippen molar-refractivity contribution in [2.45, 2.75) is 17.9 Å². The Morgan fingerprint density at radius 2 is 2.00 bits per heavy atom. The molecule has 1 aromatic rings. The van der Waals surface area contributed by atoms with E-state index in [-0.39, 0.29) is 23.5 Å². The normalized spacial score (nSPS) is 17.2. The molecule has 0 atom stereocenters. The van der Waals surface area contributed by atoms with Crippen molar-refractivity contribution in [3.63, 3.8) is 0 Å². The number of aryl methyl sites for hydroxylation is 1. The van der Waals surface area contributed by atoms with Crippen LogP contribution in [-0.2, 0) is 10.0 Å². The number of aliphatic hydroxyl groups is 1. The monoisotopic (exact) mass is 349 g/mol. The number of halogens is 1. The molecule has 104 valence electrons. The number of carboxylic acid groups (broad SMARTS) is 1. The van der Waals surface area contributed by atoms with Crippen LogP contribution in [0.2, 0.25) is 0 Å². The Morgan fingerprint density at radius 1 is 1.42 bits per heavy atom. The van der Waals surface area contributed by atoms with Crippen LogP contribution in [0.25, 0.3) is 0 Å². The van der Waals surface area contributed by atoms with Crippen molar-refractivity contribution in [3.8, 4) is 0 Å². The minimum absolute atomic E-state index is 0.0329. The Morgan fingerprint density at radius 3 is 2.47 bits per heavy atom. The molecule has 0 aliphatic carbocycles. The van der Waals surface area contributed by atoms with E-state index in [1.807, 2.05) is 0 Å². The van der Waals surface area contributed by atoms with Crippen LogP contribution in [0, 0.1) is 6.92 Å². The van der Waals surface area contributed by atoms with E-state index in [0.717, 1.165) is 10.4 Å². The summed E-state index contributed by atoms with van der Waals surface area (Å²) in [5.41, 5.74) is 0.444. The highest BCUT2D eigenvalue weighted by molar-refractivity contribution is 9.10. The van der Waals surface area contributed by atoms with E-state index >= 15 is 0 Å². The number of carbonyl (C=O) groups is 1. The number of aliphatic hydroxyl groups excluding tert-OH is 1. The fourth-order valence-electron chi connectivity index (χ4n) is 1.80.